The molecule has 92 valence electrons. The van der Waals surface area contributed by atoms with Crippen molar-refractivity contribution in [1.29, 1.82) is 5.26 Å². The fourth-order valence-corrected chi connectivity index (χ4v) is 1.78. The summed E-state index contributed by atoms with van der Waals surface area (Å²) >= 11 is 0. The van der Waals surface area contributed by atoms with Crippen molar-refractivity contribution in [2.45, 2.75) is 32.8 Å². The third-order valence-electron chi connectivity index (χ3n) is 2.29. The van der Waals surface area contributed by atoms with Gasteiger partial charge in [-0.15, -0.1) is 0 Å². The highest BCUT2D eigenvalue weighted by molar-refractivity contribution is 5.46. The normalized spacial score (nSPS) is 14.1. The summed E-state index contributed by atoms with van der Waals surface area (Å²) in [5.41, 5.74) is -0.578. The van der Waals surface area contributed by atoms with Crippen molar-refractivity contribution in [2.24, 2.45) is 5.92 Å². The number of hydrogen-bond acceptors (Lipinski definition) is 5. The molecule has 0 aromatic carbocycles. The number of rotatable bonds is 5. The Morgan fingerprint density at radius 1 is 1.47 bits per heavy atom. The van der Waals surface area contributed by atoms with Crippen molar-refractivity contribution in [3.05, 3.63) is 18.1 Å². The van der Waals surface area contributed by atoms with Crippen LogP contribution in [0.15, 0.2) is 12.4 Å². The Morgan fingerprint density at radius 3 is 2.71 bits per heavy atom. The first-order chi connectivity index (χ1) is 7.94. The fourth-order valence-electron chi connectivity index (χ4n) is 1.78. The molecular weight excluding hydrogens is 216 g/mol. The predicted octanol–water partition coefficient (Wildman–Crippen LogP) is 1.56. The lowest BCUT2D eigenvalue weighted by molar-refractivity contribution is 0.0514. The second-order valence-corrected chi connectivity index (χ2v) is 4.81. The summed E-state index contributed by atoms with van der Waals surface area (Å²) in [6, 6.07) is 1.95. The summed E-state index contributed by atoms with van der Waals surface area (Å²) in [4.78, 5) is 7.92. The number of nitrogens with one attached hydrogen (secondary N) is 1. The summed E-state index contributed by atoms with van der Waals surface area (Å²) in [6.45, 7) is 6.22. The van der Waals surface area contributed by atoms with Gasteiger partial charge in [0, 0.05) is 18.9 Å². The minimum atomic E-state index is -0.821. The van der Waals surface area contributed by atoms with Crippen molar-refractivity contribution in [2.75, 3.05) is 11.9 Å². The summed E-state index contributed by atoms with van der Waals surface area (Å²) < 4.78 is 0. The molecule has 5 heteroatoms. The van der Waals surface area contributed by atoms with Crippen LogP contribution in [0.3, 0.4) is 0 Å². The van der Waals surface area contributed by atoms with Gasteiger partial charge in [0.1, 0.15) is 6.07 Å². The molecule has 0 saturated heterocycles. The van der Waals surface area contributed by atoms with E-state index in [-0.39, 0.29) is 5.69 Å². The molecule has 2 N–H and O–H groups in total. The van der Waals surface area contributed by atoms with Gasteiger partial charge in [-0.2, -0.15) is 5.26 Å². The molecule has 0 aliphatic rings. The average molecular weight is 234 g/mol. The molecule has 0 aliphatic carbocycles. The third-order valence-corrected chi connectivity index (χ3v) is 2.29. The highest BCUT2D eigenvalue weighted by Crippen LogP contribution is 2.17. The van der Waals surface area contributed by atoms with Crippen LogP contribution < -0.4 is 5.32 Å². The zero-order chi connectivity index (χ0) is 12.9. The number of aromatic nitrogens is 2. The molecule has 0 saturated carbocycles. The Hall–Kier alpha value is -1.67. The van der Waals surface area contributed by atoms with E-state index in [1.165, 1.54) is 12.4 Å². The molecule has 0 fully saturated rings. The number of hydrogen-bond donors (Lipinski definition) is 2. The van der Waals surface area contributed by atoms with Gasteiger partial charge in [0.2, 0.25) is 0 Å². The van der Waals surface area contributed by atoms with E-state index in [9.17, 15) is 5.11 Å². The highest BCUT2D eigenvalue weighted by atomic mass is 16.3. The first kappa shape index (κ1) is 13.4. The Bertz CT molecular complexity index is 409. The molecule has 0 spiro atoms. The first-order valence-electron chi connectivity index (χ1n) is 5.62. The van der Waals surface area contributed by atoms with Gasteiger partial charge < -0.3 is 10.4 Å². The number of nitriles is 1. The van der Waals surface area contributed by atoms with E-state index in [1.807, 2.05) is 6.07 Å². The molecule has 1 unspecified atom stereocenters. The van der Waals surface area contributed by atoms with Gasteiger partial charge in [0.05, 0.1) is 5.60 Å². The molecule has 0 radical (unpaired) electrons. The molecule has 1 aromatic rings. The lowest BCUT2D eigenvalue weighted by Gasteiger charge is -2.25. The van der Waals surface area contributed by atoms with Gasteiger partial charge in [0.15, 0.2) is 11.5 Å². The van der Waals surface area contributed by atoms with E-state index in [0.29, 0.717) is 24.7 Å². The molecular formula is C12H18N4O. The Kier molecular flexibility index (Phi) is 4.41. The largest absolute Gasteiger partial charge is 0.388 e. The molecule has 5 nitrogen and oxygen atoms in total. The second kappa shape index (κ2) is 5.60. The van der Waals surface area contributed by atoms with Gasteiger partial charge in [-0.3, -0.25) is 0 Å². The molecule has 1 aromatic heterocycles. The van der Waals surface area contributed by atoms with Gasteiger partial charge in [-0.05, 0) is 19.3 Å². The van der Waals surface area contributed by atoms with Gasteiger partial charge in [-0.25, -0.2) is 9.97 Å². The van der Waals surface area contributed by atoms with Crippen molar-refractivity contribution in [3.63, 3.8) is 0 Å². The zero-order valence-corrected chi connectivity index (χ0v) is 10.4. The van der Waals surface area contributed by atoms with E-state index in [0.717, 1.165) is 0 Å². The van der Waals surface area contributed by atoms with Gasteiger partial charge in [0.25, 0.3) is 0 Å². The van der Waals surface area contributed by atoms with Gasteiger partial charge in [-0.1, -0.05) is 13.8 Å². The Morgan fingerprint density at radius 2 is 2.12 bits per heavy atom. The van der Waals surface area contributed by atoms with Crippen LogP contribution in [0.25, 0.3) is 0 Å². The van der Waals surface area contributed by atoms with Crippen LogP contribution in [0.5, 0.6) is 0 Å². The third kappa shape index (κ3) is 4.37. The fraction of sp³-hybridized carbons (Fsp3) is 0.583. The van der Waals surface area contributed by atoms with Crippen LogP contribution in [-0.2, 0) is 0 Å². The molecule has 0 amide bonds. The number of nitrogens with zero attached hydrogens (tertiary/aromatic N) is 3. The van der Waals surface area contributed by atoms with Crippen LogP contribution in [0.2, 0.25) is 0 Å². The standard InChI is InChI=1S/C12H18N4O/c1-9(2)6-12(3,17)8-16-11-10(7-13)14-4-5-15-11/h4-5,9,17H,6,8H2,1-3H3,(H,15,16). The summed E-state index contributed by atoms with van der Waals surface area (Å²) in [5.74, 6) is 0.822. The SMILES string of the molecule is CC(C)CC(C)(O)CNc1nccnc1C#N. The van der Waals surface area contributed by atoms with Crippen LogP contribution in [0.4, 0.5) is 5.82 Å². The smallest absolute Gasteiger partial charge is 0.182 e. The molecule has 1 atom stereocenters. The lowest BCUT2D eigenvalue weighted by Crippen LogP contribution is -2.35. The van der Waals surface area contributed by atoms with E-state index < -0.39 is 5.60 Å². The molecule has 0 aliphatic heterocycles. The quantitative estimate of drug-likeness (QED) is 0.808. The Labute approximate surface area is 102 Å². The van der Waals surface area contributed by atoms with E-state index in [1.54, 1.807) is 6.92 Å². The highest BCUT2D eigenvalue weighted by Gasteiger charge is 2.22. The van der Waals surface area contributed by atoms with E-state index in [2.05, 4.69) is 29.1 Å². The molecule has 17 heavy (non-hydrogen) atoms. The van der Waals surface area contributed by atoms with Crippen LogP contribution in [0.1, 0.15) is 32.9 Å². The summed E-state index contributed by atoms with van der Waals surface area (Å²) in [7, 11) is 0. The number of anilines is 1. The molecule has 1 heterocycles. The topological polar surface area (TPSA) is 81.8 Å². The summed E-state index contributed by atoms with van der Waals surface area (Å²) in [6.07, 6.45) is 3.67. The van der Waals surface area contributed by atoms with Gasteiger partial charge >= 0.3 is 0 Å². The first-order valence-corrected chi connectivity index (χ1v) is 5.62. The zero-order valence-electron chi connectivity index (χ0n) is 10.4. The average Bonchev–Trinajstić information content (AvgIpc) is 2.25. The monoisotopic (exact) mass is 234 g/mol. The maximum atomic E-state index is 10.1. The second-order valence-electron chi connectivity index (χ2n) is 4.81. The lowest BCUT2D eigenvalue weighted by atomic mass is 9.94. The Balaban J connectivity index is 2.64. The van der Waals surface area contributed by atoms with Crippen molar-refractivity contribution in [1.82, 2.24) is 9.97 Å². The predicted molar refractivity (Wildman–Crippen MR) is 65.3 cm³/mol. The van der Waals surface area contributed by atoms with E-state index in [4.69, 9.17) is 5.26 Å². The van der Waals surface area contributed by atoms with Crippen LogP contribution in [0, 0.1) is 17.2 Å². The molecule has 1 rings (SSSR count). The van der Waals surface area contributed by atoms with Crippen LogP contribution >= 0.6 is 0 Å². The minimum Gasteiger partial charge on any atom is -0.388 e. The van der Waals surface area contributed by atoms with E-state index >= 15 is 0 Å². The van der Waals surface area contributed by atoms with Crippen molar-refractivity contribution in [3.8, 4) is 6.07 Å². The van der Waals surface area contributed by atoms with Crippen LogP contribution in [-0.4, -0.2) is 27.2 Å². The van der Waals surface area contributed by atoms with Crippen molar-refractivity contribution >= 4 is 5.82 Å². The maximum absolute atomic E-state index is 10.1. The maximum Gasteiger partial charge on any atom is 0.182 e. The number of aliphatic hydroxyl groups is 1. The van der Waals surface area contributed by atoms with Crippen molar-refractivity contribution < 1.29 is 5.11 Å². The summed E-state index contributed by atoms with van der Waals surface area (Å²) in [5, 5.41) is 21.9. The molecule has 0 bridgehead atoms. The minimum absolute atomic E-state index is 0.243.